The largest absolute Gasteiger partial charge is 0.342 e. The maximum atomic E-state index is 12.9. The Kier molecular flexibility index (Phi) is 7.32. The van der Waals surface area contributed by atoms with E-state index >= 15 is 0 Å². The zero-order valence-electron chi connectivity index (χ0n) is 17.4. The van der Waals surface area contributed by atoms with Gasteiger partial charge in [-0.15, -0.1) is 0 Å². The van der Waals surface area contributed by atoms with Crippen LogP contribution in [-0.4, -0.2) is 23.0 Å². The lowest BCUT2D eigenvalue weighted by molar-refractivity contribution is -0.126. The first-order chi connectivity index (χ1) is 14.4. The standard InChI is InChI=1S/C24H28N2O3S/c1-17(25-21(27)18-11-5-3-6-12-18)22(28)30-20-14-8-7-13-19(20)26-23(29)24(2)15-9-4-10-16-24/h3,5-8,11-14,17H,4,9-10,15-16H2,1-2H3,(H,25,27)(H,26,29). The molecule has 2 N–H and O–H groups in total. The molecule has 1 aliphatic carbocycles. The molecule has 1 unspecified atom stereocenters. The molecule has 0 aliphatic heterocycles. The summed E-state index contributed by atoms with van der Waals surface area (Å²) in [5.41, 5.74) is 0.779. The first-order valence-corrected chi connectivity index (χ1v) is 11.2. The van der Waals surface area contributed by atoms with Gasteiger partial charge < -0.3 is 10.6 Å². The van der Waals surface area contributed by atoms with Gasteiger partial charge in [-0.2, -0.15) is 0 Å². The Morgan fingerprint density at radius 3 is 2.27 bits per heavy atom. The van der Waals surface area contributed by atoms with Gasteiger partial charge in [-0.3, -0.25) is 14.4 Å². The molecule has 2 aromatic carbocycles. The topological polar surface area (TPSA) is 75.3 Å². The molecule has 0 spiro atoms. The number of hydrogen-bond acceptors (Lipinski definition) is 4. The summed E-state index contributed by atoms with van der Waals surface area (Å²) in [5.74, 6) is -0.281. The van der Waals surface area contributed by atoms with Gasteiger partial charge in [0.2, 0.25) is 11.0 Å². The summed E-state index contributed by atoms with van der Waals surface area (Å²) in [6, 6.07) is 15.4. The second-order valence-corrected chi connectivity index (χ2v) is 9.10. The van der Waals surface area contributed by atoms with Crippen molar-refractivity contribution in [3.8, 4) is 0 Å². The zero-order valence-corrected chi connectivity index (χ0v) is 18.3. The number of thioether (sulfide) groups is 1. The quantitative estimate of drug-likeness (QED) is 0.638. The van der Waals surface area contributed by atoms with Crippen LogP contribution in [-0.2, 0) is 9.59 Å². The van der Waals surface area contributed by atoms with E-state index in [4.69, 9.17) is 0 Å². The fourth-order valence-corrected chi connectivity index (χ4v) is 4.44. The fraction of sp³-hybridized carbons (Fsp3) is 0.375. The number of benzene rings is 2. The molecule has 2 aromatic rings. The molecular formula is C24H28N2O3S. The highest BCUT2D eigenvalue weighted by Crippen LogP contribution is 2.38. The van der Waals surface area contributed by atoms with Gasteiger partial charge in [-0.1, -0.05) is 56.5 Å². The molecule has 0 aromatic heterocycles. The summed E-state index contributed by atoms with van der Waals surface area (Å²) in [6.07, 6.45) is 5.08. The summed E-state index contributed by atoms with van der Waals surface area (Å²) in [7, 11) is 0. The zero-order chi connectivity index (χ0) is 21.6. The van der Waals surface area contributed by atoms with Crippen LogP contribution in [0, 0.1) is 5.41 Å². The third kappa shape index (κ3) is 5.51. The molecular weight excluding hydrogens is 396 g/mol. The third-order valence-corrected chi connectivity index (χ3v) is 6.72. The molecule has 2 amide bonds. The van der Waals surface area contributed by atoms with Crippen molar-refractivity contribution in [3.05, 3.63) is 60.2 Å². The molecule has 3 rings (SSSR count). The highest BCUT2D eigenvalue weighted by Gasteiger charge is 2.34. The van der Waals surface area contributed by atoms with Gasteiger partial charge in [0.05, 0.1) is 11.7 Å². The van der Waals surface area contributed by atoms with Gasteiger partial charge in [-0.05, 0) is 55.8 Å². The van der Waals surface area contributed by atoms with Gasteiger partial charge in [0, 0.05) is 15.9 Å². The van der Waals surface area contributed by atoms with E-state index < -0.39 is 6.04 Å². The van der Waals surface area contributed by atoms with Crippen LogP contribution in [0.1, 0.15) is 56.3 Å². The summed E-state index contributed by atoms with van der Waals surface area (Å²) in [6.45, 7) is 3.68. The average molecular weight is 425 g/mol. The van der Waals surface area contributed by atoms with Gasteiger partial charge >= 0.3 is 0 Å². The molecule has 0 saturated heterocycles. The van der Waals surface area contributed by atoms with Gasteiger partial charge in [-0.25, -0.2) is 0 Å². The highest BCUT2D eigenvalue weighted by atomic mass is 32.2. The smallest absolute Gasteiger partial charge is 0.251 e. The number of hydrogen-bond donors (Lipinski definition) is 2. The summed E-state index contributed by atoms with van der Waals surface area (Å²) >= 11 is 1.03. The summed E-state index contributed by atoms with van der Waals surface area (Å²) < 4.78 is 0. The second-order valence-electron chi connectivity index (χ2n) is 8.05. The minimum atomic E-state index is -0.665. The molecule has 1 atom stereocenters. The number of amides is 2. The van der Waals surface area contributed by atoms with Crippen LogP contribution in [0.5, 0.6) is 0 Å². The van der Waals surface area contributed by atoms with E-state index in [-0.39, 0.29) is 22.3 Å². The van der Waals surface area contributed by atoms with E-state index in [9.17, 15) is 14.4 Å². The van der Waals surface area contributed by atoms with Crippen molar-refractivity contribution >= 4 is 34.4 Å². The molecule has 1 saturated carbocycles. The number of carbonyl (C=O) groups excluding carboxylic acids is 3. The Morgan fingerprint density at radius 2 is 1.57 bits per heavy atom. The SMILES string of the molecule is CC(NC(=O)c1ccccc1)C(=O)Sc1ccccc1NC(=O)C1(C)CCCCC1. The molecule has 30 heavy (non-hydrogen) atoms. The fourth-order valence-electron chi connectivity index (χ4n) is 3.62. The van der Waals surface area contributed by atoms with E-state index in [1.165, 1.54) is 6.42 Å². The number of nitrogens with one attached hydrogen (secondary N) is 2. The van der Waals surface area contributed by atoms with Gasteiger partial charge in [0.1, 0.15) is 0 Å². The van der Waals surface area contributed by atoms with Gasteiger partial charge in [0.25, 0.3) is 5.91 Å². The molecule has 5 nitrogen and oxygen atoms in total. The molecule has 0 bridgehead atoms. The van der Waals surface area contributed by atoms with Gasteiger partial charge in [0.15, 0.2) is 0 Å². The Labute approximate surface area is 182 Å². The number of para-hydroxylation sites is 1. The van der Waals surface area contributed by atoms with Crippen molar-refractivity contribution in [2.75, 3.05) is 5.32 Å². The Balaban J connectivity index is 1.64. The Morgan fingerprint density at radius 1 is 0.933 bits per heavy atom. The van der Waals surface area contributed by atoms with Crippen LogP contribution in [0.2, 0.25) is 0 Å². The average Bonchev–Trinajstić information content (AvgIpc) is 2.76. The predicted octanol–water partition coefficient (Wildman–Crippen LogP) is 5.03. The summed E-state index contributed by atoms with van der Waals surface area (Å²) in [5, 5.41) is 5.58. The van der Waals surface area contributed by atoms with E-state index in [2.05, 4.69) is 10.6 Å². The maximum absolute atomic E-state index is 12.9. The number of anilines is 1. The molecule has 1 aliphatic rings. The van der Waals surface area contributed by atoms with Crippen LogP contribution in [0.3, 0.4) is 0 Å². The van der Waals surface area contributed by atoms with Crippen molar-refractivity contribution in [2.24, 2.45) is 5.41 Å². The van der Waals surface area contributed by atoms with Crippen LogP contribution in [0.15, 0.2) is 59.5 Å². The predicted molar refractivity (Wildman–Crippen MR) is 120 cm³/mol. The van der Waals surface area contributed by atoms with Crippen LogP contribution in [0.4, 0.5) is 5.69 Å². The summed E-state index contributed by atoms with van der Waals surface area (Å²) in [4.78, 5) is 38.6. The van der Waals surface area contributed by atoms with Crippen molar-refractivity contribution in [1.82, 2.24) is 5.32 Å². The molecule has 1 fully saturated rings. The number of carbonyl (C=O) groups is 3. The second kappa shape index (κ2) is 9.94. The Hall–Kier alpha value is -2.60. The number of rotatable bonds is 6. The maximum Gasteiger partial charge on any atom is 0.251 e. The minimum absolute atomic E-state index is 0.00753. The lowest BCUT2D eigenvalue weighted by Crippen LogP contribution is -2.37. The van der Waals surface area contributed by atoms with Crippen LogP contribution < -0.4 is 10.6 Å². The van der Waals surface area contributed by atoms with E-state index in [1.807, 2.05) is 37.3 Å². The minimum Gasteiger partial charge on any atom is -0.342 e. The van der Waals surface area contributed by atoms with E-state index in [1.54, 1.807) is 31.2 Å². The highest BCUT2D eigenvalue weighted by molar-refractivity contribution is 8.14. The van der Waals surface area contributed by atoms with Crippen molar-refractivity contribution < 1.29 is 14.4 Å². The third-order valence-electron chi connectivity index (χ3n) is 5.59. The van der Waals surface area contributed by atoms with Crippen molar-refractivity contribution in [3.63, 3.8) is 0 Å². The molecule has 0 radical (unpaired) electrons. The monoisotopic (exact) mass is 424 g/mol. The van der Waals surface area contributed by atoms with E-state index in [0.717, 1.165) is 37.4 Å². The van der Waals surface area contributed by atoms with Crippen molar-refractivity contribution in [1.29, 1.82) is 0 Å². The normalized spacial score (nSPS) is 16.3. The lowest BCUT2D eigenvalue weighted by atomic mass is 9.75. The first kappa shape index (κ1) is 22.1. The molecule has 158 valence electrons. The molecule has 0 heterocycles. The Bertz CT molecular complexity index is 908. The molecule has 6 heteroatoms. The lowest BCUT2D eigenvalue weighted by Gasteiger charge is -2.32. The van der Waals surface area contributed by atoms with Crippen molar-refractivity contribution in [2.45, 2.75) is 56.9 Å². The van der Waals surface area contributed by atoms with E-state index in [0.29, 0.717) is 16.1 Å². The van der Waals surface area contributed by atoms with Crippen LogP contribution >= 0.6 is 11.8 Å². The van der Waals surface area contributed by atoms with Crippen LogP contribution in [0.25, 0.3) is 0 Å². The first-order valence-electron chi connectivity index (χ1n) is 10.4.